The molecule has 0 saturated carbocycles. The van der Waals surface area contributed by atoms with Crippen LogP contribution in [-0.4, -0.2) is 26.8 Å². The van der Waals surface area contributed by atoms with Crippen LogP contribution < -0.4 is 16.4 Å². The molecular weight excluding hydrogens is 428 g/mol. The Hall–Kier alpha value is -4.31. The first-order chi connectivity index (χ1) is 15.6. The summed E-state index contributed by atoms with van der Waals surface area (Å²) in [7, 11) is 0. The highest BCUT2D eigenvalue weighted by Crippen LogP contribution is 2.17. The summed E-state index contributed by atoms with van der Waals surface area (Å²) in [6.45, 7) is -0.194. The van der Waals surface area contributed by atoms with Gasteiger partial charge in [-0.05, 0) is 41.8 Å². The zero-order valence-electron chi connectivity index (χ0n) is 16.7. The molecular formula is C22H18N6O3S. The first-order valence-electron chi connectivity index (χ1n) is 9.51. The Bertz CT molecular complexity index is 1230. The zero-order chi connectivity index (χ0) is 22.3. The number of nitrogens with zero attached hydrogens (tertiary/aromatic N) is 3. The predicted octanol–water partition coefficient (Wildman–Crippen LogP) is 3.87. The molecule has 10 heteroatoms. The van der Waals surface area contributed by atoms with Crippen LogP contribution >= 0.6 is 11.3 Å². The monoisotopic (exact) mass is 446 g/mol. The van der Waals surface area contributed by atoms with E-state index in [2.05, 4.69) is 25.6 Å². The highest BCUT2D eigenvalue weighted by atomic mass is 32.1. The Balaban J connectivity index is 1.40. The molecule has 0 fully saturated rings. The van der Waals surface area contributed by atoms with E-state index >= 15 is 0 Å². The summed E-state index contributed by atoms with van der Waals surface area (Å²) in [4.78, 5) is 37.6. The number of ether oxygens (including phenoxy) is 1. The molecule has 1 amide bonds. The number of nitrogen functional groups attached to an aromatic ring is 1. The summed E-state index contributed by atoms with van der Waals surface area (Å²) in [6.07, 6.45) is 0. The summed E-state index contributed by atoms with van der Waals surface area (Å²) in [5.74, 6) is -0.388. The Morgan fingerprint density at radius 1 is 0.938 bits per heavy atom. The topological polar surface area (TPSA) is 132 Å². The molecule has 0 radical (unpaired) electrons. The number of benzene rings is 2. The maximum atomic E-state index is 12.5. The minimum atomic E-state index is -0.589. The normalized spacial score (nSPS) is 10.4. The molecule has 32 heavy (non-hydrogen) atoms. The van der Waals surface area contributed by atoms with Gasteiger partial charge in [0.15, 0.2) is 12.4 Å². The van der Waals surface area contributed by atoms with Crippen molar-refractivity contribution < 1.29 is 14.3 Å². The van der Waals surface area contributed by atoms with Crippen LogP contribution in [0.25, 0.3) is 0 Å². The van der Waals surface area contributed by atoms with Gasteiger partial charge in [0, 0.05) is 11.4 Å². The van der Waals surface area contributed by atoms with Crippen molar-refractivity contribution in [2.45, 2.75) is 6.61 Å². The van der Waals surface area contributed by atoms with Crippen LogP contribution in [0.1, 0.15) is 25.9 Å². The van der Waals surface area contributed by atoms with Crippen LogP contribution in [-0.2, 0) is 11.3 Å². The van der Waals surface area contributed by atoms with Crippen LogP contribution in [0.15, 0.2) is 72.1 Å². The molecule has 160 valence electrons. The molecule has 0 aliphatic carbocycles. The summed E-state index contributed by atoms with van der Waals surface area (Å²) >= 11 is 1.33. The molecule has 0 aliphatic heterocycles. The molecule has 0 bridgehead atoms. The third kappa shape index (κ3) is 5.43. The third-order valence-electron chi connectivity index (χ3n) is 4.16. The van der Waals surface area contributed by atoms with Crippen LogP contribution in [0.2, 0.25) is 0 Å². The first-order valence-corrected chi connectivity index (χ1v) is 10.4. The Morgan fingerprint density at radius 3 is 2.53 bits per heavy atom. The van der Waals surface area contributed by atoms with Gasteiger partial charge in [-0.2, -0.15) is 15.0 Å². The van der Waals surface area contributed by atoms with Crippen molar-refractivity contribution in [3.8, 4) is 0 Å². The van der Waals surface area contributed by atoms with Gasteiger partial charge in [0.05, 0.1) is 10.4 Å². The number of thiophene rings is 1. The molecule has 2 heterocycles. The Morgan fingerprint density at radius 2 is 1.75 bits per heavy atom. The smallest absolute Gasteiger partial charge is 0.338 e. The number of esters is 1. The summed E-state index contributed by atoms with van der Waals surface area (Å²) < 4.78 is 5.32. The van der Waals surface area contributed by atoms with Crippen molar-refractivity contribution in [3.05, 3.63) is 88.4 Å². The molecule has 4 rings (SSSR count). The lowest BCUT2D eigenvalue weighted by Gasteiger charge is -2.09. The summed E-state index contributed by atoms with van der Waals surface area (Å²) in [5.41, 5.74) is 7.29. The molecule has 2 aromatic carbocycles. The van der Waals surface area contributed by atoms with E-state index in [1.807, 2.05) is 35.7 Å². The SMILES string of the molecule is Nc1nc(COC(=O)c2cccc(NC(=O)c3cccs3)c2)nc(Nc2ccccc2)n1. The molecule has 4 N–H and O–H groups in total. The molecule has 0 unspecified atom stereocenters. The third-order valence-corrected chi connectivity index (χ3v) is 5.03. The van der Waals surface area contributed by atoms with E-state index < -0.39 is 5.97 Å². The maximum absolute atomic E-state index is 12.5. The number of aromatic nitrogens is 3. The standard InChI is InChI=1S/C22H18N6O3S/c23-21-26-18(27-22(28-21)25-15-7-2-1-3-8-15)13-31-20(30)14-6-4-9-16(12-14)24-19(29)17-10-5-11-32-17/h1-12H,13H2,(H,24,29)(H3,23,25,26,27,28). The summed E-state index contributed by atoms with van der Waals surface area (Å²) in [5, 5.41) is 7.59. The maximum Gasteiger partial charge on any atom is 0.338 e. The zero-order valence-corrected chi connectivity index (χ0v) is 17.5. The van der Waals surface area contributed by atoms with Gasteiger partial charge in [-0.15, -0.1) is 11.3 Å². The van der Waals surface area contributed by atoms with E-state index in [1.54, 1.807) is 30.3 Å². The largest absolute Gasteiger partial charge is 0.454 e. The lowest BCUT2D eigenvalue weighted by atomic mass is 10.2. The number of nitrogens with two attached hydrogens (primary N) is 1. The number of hydrogen-bond acceptors (Lipinski definition) is 9. The van der Waals surface area contributed by atoms with Crippen LogP contribution in [0.3, 0.4) is 0 Å². The van der Waals surface area contributed by atoms with Crippen LogP contribution in [0, 0.1) is 0 Å². The average molecular weight is 446 g/mol. The number of amides is 1. The number of nitrogens with one attached hydrogen (secondary N) is 2. The van der Waals surface area contributed by atoms with Gasteiger partial charge in [-0.1, -0.05) is 30.3 Å². The Kier molecular flexibility index (Phi) is 6.33. The van der Waals surface area contributed by atoms with Gasteiger partial charge in [0.25, 0.3) is 5.91 Å². The fourth-order valence-electron chi connectivity index (χ4n) is 2.75. The van der Waals surface area contributed by atoms with E-state index in [4.69, 9.17) is 10.5 Å². The Labute approximate surface area is 187 Å². The highest BCUT2D eigenvalue weighted by Gasteiger charge is 2.13. The van der Waals surface area contributed by atoms with Crippen molar-refractivity contribution in [1.29, 1.82) is 0 Å². The van der Waals surface area contributed by atoms with E-state index in [-0.39, 0.29) is 35.8 Å². The lowest BCUT2D eigenvalue weighted by molar-refractivity contribution is 0.0462. The fourth-order valence-corrected chi connectivity index (χ4v) is 3.37. The van der Waals surface area contributed by atoms with Crippen molar-refractivity contribution in [2.75, 3.05) is 16.4 Å². The molecule has 0 spiro atoms. The average Bonchev–Trinajstić information content (AvgIpc) is 3.33. The molecule has 0 atom stereocenters. The van der Waals surface area contributed by atoms with Crippen LogP contribution in [0.4, 0.5) is 23.3 Å². The number of carbonyl (C=O) groups excluding carboxylic acids is 2. The predicted molar refractivity (Wildman–Crippen MR) is 122 cm³/mol. The van der Waals surface area contributed by atoms with Gasteiger partial charge >= 0.3 is 5.97 Å². The van der Waals surface area contributed by atoms with Crippen molar-refractivity contribution in [2.24, 2.45) is 0 Å². The second kappa shape index (κ2) is 9.67. The molecule has 9 nitrogen and oxygen atoms in total. The van der Waals surface area contributed by atoms with Gasteiger partial charge in [-0.25, -0.2) is 4.79 Å². The van der Waals surface area contributed by atoms with Gasteiger partial charge in [0.2, 0.25) is 11.9 Å². The van der Waals surface area contributed by atoms with Crippen molar-refractivity contribution >= 4 is 46.5 Å². The van der Waals surface area contributed by atoms with Gasteiger partial charge in [0.1, 0.15) is 0 Å². The van der Waals surface area contributed by atoms with Crippen molar-refractivity contribution in [3.63, 3.8) is 0 Å². The van der Waals surface area contributed by atoms with E-state index in [9.17, 15) is 9.59 Å². The highest BCUT2D eigenvalue weighted by molar-refractivity contribution is 7.12. The van der Waals surface area contributed by atoms with Gasteiger partial charge < -0.3 is 21.1 Å². The summed E-state index contributed by atoms with van der Waals surface area (Å²) in [6, 6.07) is 19.3. The minimum absolute atomic E-state index is 0.00256. The first kappa shape index (κ1) is 20.9. The number of para-hydroxylation sites is 1. The fraction of sp³-hybridized carbons (Fsp3) is 0.0455. The number of anilines is 4. The molecule has 4 aromatic rings. The van der Waals surface area contributed by atoms with E-state index in [0.29, 0.717) is 10.6 Å². The molecule has 0 aliphatic rings. The quantitative estimate of drug-likeness (QED) is 0.365. The lowest BCUT2D eigenvalue weighted by Crippen LogP contribution is -2.12. The molecule has 0 saturated heterocycles. The second-order valence-corrected chi connectivity index (χ2v) is 7.46. The van der Waals surface area contributed by atoms with Crippen molar-refractivity contribution in [1.82, 2.24) is 15.0 Å². The number of hydrogen-bond donors (Lipinski definition) is 3. The minimum Gasteiger partial charge on any atom is -0.454 e. The van der Waals surface area contributed by atoms with Gasteiger partial charge in [-0.3, -0.25) is 4.79 Å². The van der Waals surface area contributed by atoms with E-state index in [1.165, 1.54) is 17.4 Å². The molecule has 2 aromatic heterocycles. The number of rotatable bonds is 7. The second-order valence-electron chi connectivity index (χ2n) is 6.51. The van der Waals surface area contributed by atoms with Crippen LogP contribution in [0.5, 0.6) is 0 Å². The number of carbonyl (C=O) groups is 2. The van der Waals surface area contributed by atoms with E-state index in [0.717, 1.165) is 5.69 Å².